The molecule has 1 heterocycles. The summed E-state index contributed by atoms with van der Waals surface area (Å²) in [5.74, 6) is 1.53. The van der Waals surface area contributed by atoms with Gasteiger partial charge in [0.1, 0.15) is 18.1 Å². The van der Waals surface area contributed by atoms with E-state index in [2.05, 4.69) is 27.1 Å². The molecule has 5 nitrogen and oxygen atoms in total. The molecule has 1 aromatic heterocycles. The van der Waals surface area contributed by atoms with Crippen molar-refractivity contribution in [3.8, 4) is 11.5 Å². The maximum absolute atomic E-state index is 12.2. The number of hydrogen-bond donors (Lipinski definition) is 0. The number of thioether (sulfide) groups is 1. The van der Waals surface area contributed by atoms with Crippen LogP contribution in [0.2, 0.25) is 0 Å². The Morgan fingerprint density at radius 2 is 1.62 bits per heavy atom. The van der Waals surface area contributed by atoms with Gasteiger partial charge < -0.3 is 14.0 Å². The Hall–Kier alpha value is -2.68. The summed E-state index contributed by atoms with van der Waals surface area (Å²) in [6.07, 6.45) is -4.72. The van der Waals surface area contributed by atoms with Crippen molar-refractivity contribution in [2.24, 2.45) is 0 Å². The van der Waals surface area contributed by atoms with Crippen LogP contribution in [0.4, 0.5) is 13.2 Å². The molecule has 0 N–H and O–H groups in total. The molecule has 0 aliphatic heterocycles. The van der Waals surface area contributed by atoms with E-state index in [-0.39, 0.29) is 18.4 Å². The van der Waals surface area contributed by atoms with E-state index in [4.69, 9.17) is 4.74 Å². The third-order valence-corrected chi connectivity index (χ3v) is 4.90. The predicted octanol–water partition coefficient (Wildman–Crippen LogP) is 5.63. The summed E-state index contributed by atoms with van der Waals surface area (Å²) in [5.41, 5.74) is 1.19. The van der Waals surface area contributed by atoms with Crippen LogP contribution in [0.5, 0.6) is 11.5 Å². The van der Waals surface area contributed by atoms with Crippen molar-refractivity contribution in [1.29, 1.82) is 0 Å². The van der Waals surface area contributed by atoms with Crippen molar-refractivity contribution in [3.63, 3.8) is 0 Å². The fraction of sp³-hybridized carbons (Fsp3) is 0.300. The predicted molar refractivity (Wildman–Crippen MR) is 104 cm³/mol. The Morgan fingerprint density at radius 1 is 0.966 bits per heavy atom. The molecule has 0 fully saturated rings. The number of alkyl halides is 3. The largest absolute Gasteiger partial charge is 0.573 e. The first kappa shape index (κ1) is 21.0. The standard InChI is InChI=1S/C20H20F3N3O2S/c1-14(2)26-18(24-25-19(26)29-13-15-6-4-3-5-7-15)12-27-16-8-10-17(11-9-16)28-20(21,22)23/h3-11,14H,12-13H2,1-2H3. The zero-order valence-corrected chi connectivity index (χ0v) is 16.7. The summed E-state index contributed by atoms with van der Waals surface area (Å²) in [6, 6.07) is 15.4. The van der Waals surface area contributed by atoms with E-state index < -0.39 is 6.36 Å². The van der Waals surface area contributed by atoms with Crippen LogP contribution >= 0.6 is 11.8 Å². The van der Waals surface area contributed by atoms with Gasteiger partial charge in [0.05, 0.1) is 0 Å². The highest BCUT2D eigenvalue weighted by Gasteiger charge is 2.31. The molecule has 3 rings (SSSR count). The molecule has 3 aromatic rings. The molecular formula is C20H20F3N3O2S. The zero-order valence-electron chi connectivity index (χ0n) is 15.9. The number of rotatable bonds is 8. The van der Waals surface area contributed by atoms with E-state index >= 15 is 0 Å². The van der Waals surface area contributed by atoms with Crippen LogP contribution in [0.1, 0.15) is 31.3 Å². The Labute approximate surface area is 170 Å². The van der Waals surface area contributed by atoms with Gasteiger partial charge in [-0.2, -0.15) is 0 Å². The molecule has 0 saturated heterocycles. The van der Waals surface area contributed by atoms with Gasteiger partial charge in [-0.25, -0.2) is 0 Å². The number of ether oxygens (including phenoxy) is 2. The molecule has 0 amide bonds. The number of aromatic nitrogens is 3. The molecule has 0 aliphatic carbocycles. The van der Waals surface area contributed by atoms with Gasteiger partial charge in [-0.15, -0.1) is 23.4 Å². The third kappa shape index (κ3) is 6.15. The van der Waals surface area contributed by atoms with Crippen LogP contribution in [-0.2, 0) is 12.4 Å². The highest BCUT2D eigenvalue weighted by molar-refractivity contribution is 7.98. The molecule has 0 bridgehead atoms. The number of benzene rings is 2. The SMILES string of the molecule is CC(C)n1c(COc2ccc(OC(F)(F)F)cc2)nnc1SCc1ccccc1. The van der Waals surface area contributed by atoms with Gasteiger partial charge in [0.2, 0.25) is 0 Å². The summed E-state index contributed by atoms with van der Waals surface area (Å²) < 4.78 is 48.2. The van der Waals surface area contributed by atoms with E-state index in [1.807, 2.05) is 36.6 Å². The molecule has 0 saturated carbocycles. The van der Waals surface area contributed by atoms with Gasteiger partial charge in [-0.3, -0.25) is 0 Å². The number of hydrogen-bond acceptors (Lipinski definition) is 5. The van der Waals surface area contributed by atoms with Gasteiger partial charge in [0.15, 0.2) is 11.0 Å². The lowest BCUT2D eigenvalue weighted by atomic mass is 10.2. The zero-order chi connectivity index (χ0) is 20.9. The lowest BCUT2D eigenvalue weighted by Crippen LogP contribution is -2.17. The van der Waals surface area contributed by atoms with Gasteiger partial charge >= 0.3 is 6.36 Å². The van der Waals surface area contributed by atoms with E-state index in [0.717, 1.165) is 10.9 Å². The molecule has 29 heavy (non-hydrogen) atoms. The summed E-state index contributed by atoms with van der Waals surface area (Å²) in [5, 5.41) is 9.28. The number of halogens is 3. The van der Waals surface area contributed by atoms with E-state index in [1.165, 1.54) is 29.8 Å². The first-order valence-corrected chi connectivity index (χ1v) is 9.89. The van der Waals surface area contributed by atoms with Crippen LogP contribution < -0.4 is 9.47 Å². The van der Waals surface area contributed by atoms with Crippen molar-refractivity contribution in [2.45, 2.75) is 43.8 Å². The minimum Gasteiger partial charge on any atom is -0.486 e. The number of nitrogens with zero attached hydrogens (tertiary/aromatic N) is 3. The van der Waals surface area contributed by atoms with Crippen molar-refractivity contribution in [3.05, 3.63) is 66.0 Å². The minimum atomic E-state index is -4.72. The lowest BCUT2D eigenvalue weighted by molar-refractivity contribution is -0.274. The average Bonchev–Trinajstić information content (AvgIpc) is 3.08. The van der Waals surface area contributed by atoms with Crippen LogP contribution in [0.3, 0.4) is 0 Å². The maximum Gasteiger partial charge on any atom is 0.573 e. The van der Waals surface area contributed by atoms with Crippen LogP contribution in [0.25, 0.3) is 0 Å². The molecule has 0 unspecified atom stereocenters. The fourth-order valence-corrected chi connectivity index (χ4v) is 3.67. The van der Waals surface area contributed by atoms with Gasteiger partial charge in [0.25, 0.3) is 0 Å². The van der Waals surface area contributed by atoms with Crippen LogP contribution in [0.15, 0.2) is 59.8 Å². The van der Waals surface area contributed by atoms with Crippen LogP contribution in [0, 0.1) is 0 Å². The van der Waals surface area contributed by atoms with Gasteiger partial charge in [-0.1, -0.05) is 42.1 Å². The summed E-state index contributed by atoms with van der Waals surface area (Å²) in [4.78, 5) is 0. The summed E-state index contributed by atoms with van der Waals surface area (Å²) >= 11 is 1.59. The van der Waals surface area contributed by atoms with Crippen molar-refractivity contribution in [2.75, 3.05) is 0 Å². The Bertz CT molecular complexity index is 913. The van der Waals surface area contributed by atoms with Gasteiger partial charge in [0, 0.05) is 11.8 Å². The van der Waals surface area contributed by atoms with Crippen molar-refractivity contribution < 1.29 is 22.6 Å². The van der Waals surface area contributed by atoms with E-state index in [9.17, 15) is 13.2 Å². The fourth-order valence-electron chi connectivity index (χ4n) is 2.63. The minimum absolute atomic E-state index is 0.129. The Balaban J connectivity index is 1.64. The Kier molecular flexibility index (Phi) is 6.68. The monoisotopic (exact) mass is 423 g/mol. The quantitative estimate of drug-likeness (QED) is 0.440. The van der Waals surface area contributed by atoms with Crippen LogP contribution in [-0.4, -0.2) is 21.1 Å². The molecule has 2 aromatic carbocycles. The smallest absolute Gasteiger partial charge is 0.486 e. The second-order valence-electron chi connectivity index (χ2n) is 6.44. The first-order chi connectivity index (χ1) is 13.8. The second kappa shape index (κ2) is 9.21. The molecule has 154 valence electrons. The molecule has 0 spiro atoms. The van der Waals surface area contributed by atoms with Gasteiger partial charge in [-0.05, 0) is 43.7 Å². The second-order valence-corrected chi connectivity index (χ2v) is 7.39. The highest BCUT2D eigenvalue weighted by Crippen LogP contribution is 2.27. The normalized spacial score (nSPS) is 11.7. The van der Waals surface area contributed by atoms with Crippen molar-refractivity contribution in [1.82, 2.24) is 14.8 Å². The first-order valence-electron chi connectivity index (χ1n) is 8.91. The lowest BCUT2D eigenvalue weighted by Gasteiger charge is -2.14. The highest BCUT2D eigenvalue weighted by atomic mass is 32.2. The van der Waals surface area contributed by atoms with E-state index in [0.29, 0.717) is 11.6 Å². The molecule has 9 heteroatoms. The van der Waals surface area contributed by atoms with Crippen molar-refractivity contribution >= 4 is 11.8 Å². The maximum atomic E-state index is 12.2. The molecular weight excluding hydrogens is 403 g/mol. The Morgan fingerprint density at radius 3 is 2.24 bits per heavy atom. The summed E-state index contributed by atoms with van der Waals surface area (Å²) in [6.45, 7) is 4.21. The topological polar surface area (TPSA) is 49.2 Å². The molecule has 0 radical (unpaired) electrons. The molecule has 0 atom stereocenters. The average molecular weight is 423 g/mol. The molecule has 0 aliphatic rings. The van der Waals surface area contributed by atoms with E-state index in [1.54, 1.807) is 11.8 Å². The third-order valence-electron chi connectivity index (χ3n) is 3.89. The summed E-state index contributed by atoms with van der Waals surface area (Å²) in [7, 11) is 0.